The summed E-state index contributed by atoms with van der Waals surface area (Å²) in [6, 6.07) is 3.84. The Hall–Kier alpha value is -1.02. The van der Waals surface area contributed by atoms with Gasteiger partial charge in [-0.05, 0) is 36.6 Å². The zero-order valence-electron chi connectivity index (χ0n) is 8.68. The van der Waals surface area contributed by atoms with Crippen LogP contribution in [0, 0.1) is 0 Å². The molecule has 0 fully saturated rings. The Bertz CT molecular complexity index is 399. The summed E-state index contributed by atoms with van der Waals surface area (Å²) in [5.74, 6) is 1.14. The molecule has 0 radical (unpaired) electrons. The summed E-state index contributed by atoms with van der Waals surface area (Å²) in [7, 11) is 0. The van der Waals surface area contributed by atoms with Gasteiger partial charge in [0, 0.05) is 17.9 Å². The highest BCUT2D eigenvalue weighted by Crippen LogP contribution is 2.33. The summed E-state index contributed by atoms with van der Waals surface area (Å²) in [5, 5.41) is 0.734. The lowest BCUT2D eigenvalue weighted by Crippen LogP contribution is -1.97. The van der Waals surface area contributed by atoms with Crippen LogP contribution in [0.25, 0.3) is 0 Å². The van der Waals surface area contributed by atoms with Crippen LogP contribution in [0.2, 0.25) is 5.02 Å². The molecule has 2 nitrogen and oxygen atoms in total. The SMILES string of the molecule is CC(=O)CCc1cc(Cl)cc2c1OCC2. The van der Waals surface area contributed by atoms with Crippen molar-refractivity contribution in [3.63, 3.8) is 0 Å². The Morgan fingerprint density at radius 3 is 3.07 bits per heavy atom. The molecule has 0 aromatic heterocycles. The molecule has 1 heterocycles. The van der Waals surface area contributed by atoms with Gasteiger partial charge in [0.05, 0.1) is 6.61 Å². The number of halogens is 1. The molecule has 0 N–H and O–H groups in total. The zero-order chi connectivity index (χ0) is 10.8. The normalized spacial score (nSPS) is 13.5. The predicted molar refractivity (Wildman–Crippen MR) is 59.7 cm³/mol. The molecule has 0 amide bonds. The van der Waals surface area contributed by atoms with E-state index in [0.29, 0.717) is 6.42 Å². The van der Waals surface area contributed by atoms with Crippen molar-refractivity contribution in [2.75, 3.05) is 6.61 Å². The number of ketones is 1. The Balaban J connectivity index is 2.26. The number of hydrogen-bond acceptors (Lipinski definition) is 2. The molecule has 1 aromatic rings. The maximum absolute atomic E-state index is 10.9. The molecule has 2 rings (SSSR count). The van der Waals surface area contributed by atoms with E-state index in [9.17, 15) is 4.79 Å². The van der Waals surface area contributed by atoms with Crippen molar-refractivity contribution >= 4 is 17.4 Å². The second-order valence-electron chi connectivity index (χ2n) is 3.85. The molecular weight excluding hydrogens is 212 g/mol. The minimum atomic E-state index is 0.196. The molecule has 15 heavy (non-hydrogen) atoms. The Morgan fingerprint density at radius 1 is 1.53 bits per heavy atom. The average Bonchev–Trinajstić information content (AvgIpc) is 2.61. The number of ether oxygens (including phenoxy) is 1. The van der Waals surface area contributed by atoms with Gasteiger partial charge in [0.15, 0.2) is 0 Å². The second-order valence-corrected chi connectivity index (χ2v) is 4.29. The van der Waals surface area contributed by atoms with Crippen molar-refractivity contribution in [1.82, 2.24) is 0 Å². The van der Waals surface area contributed by atoms with Crippen molar-refractivity contribution in [3.8, 4) is 5.75 Å². The highest BCUT2D eigenvalue weighted by atomic mass is 35.5. The summed E-state index contributed by atoms with van der Waals surface area (Å²) < 4.78 is 5.55. The molecule has 0 atom stereocenters. The van der Waals surface area contributed by atoms with E-state index in [2.05, 4.69) is 0 Å². The lowest BCUT2D eigenvalue weighted by atomic mass is 10.0. The largest absolute Gasteiger partial charge is 0.493 e. The highest BCUT2D eigenvalue weighted by Gasteiger charge is 2.17. The molecule has 0 bridgehead atoms. The van der Waals surface area contributed by atoms with E-state index in [0.717, 1.165) is 35.8 Å². The van der Waals surface area contributed by atoms with Crippen molar-refractivity contribution in [2.24, 2.45) is 0 Å². The topological polar surface area (TPSA) is 26.3 Å². The van der Waals surface area contributed by atoms with E-state index in [1.165, 1.54) is 5.56 Å². The molecule has 0 aliphatic carbocycles. The van der Waals surface area contributed by atoms with Gasteiger partial charge in [-0.25, -0.2) is 0 Å². The molecule has 0 spiro atoms. The van der Waals surface area contributed by atoms with Crippen LogP contribution in [0.1, 0.15) is 24.5 Å². The molecule has 1 aliphatic rings. The monoisotopic (exact) mass is 224 g/mol. The van der Waals surface area contributed by atoms with Gasteiger partial charge in [-0.2, -0.15) is 0 Å². The van der Waals surface area contributed by atoms with Crippen molar-refractivity contribution < 1.29 is 9.53 Å². The van der Waals surface area contributed by atoms with E-state index < -0.39 is 0 Å². The molecule has 0 unspecified atom stereocenters. The van der Waals surface area contributed by atoms with Crippen molar-refractivity contribution in [2.45, 2.75) is 26.2 Å². The minimum Gasteiger partial charge on any atom is -0.493 e. The summed E-state index contributed by atoms with van der Waals surface area (Å²) >= 11 is 6.00. The fourth-order valence-corrected chi connectivity index (χ4v) is 2.11. The number of carbonyl (C=O) groups excluding carboxylic acids is 1. The van der Waals surface area contributed by atoms with Crippen LogP contribution in [0.4, 0.5) is 0 Å². The van der Waals surface area contributed by atoms with E-state index in [1.807, 2.05) is 12.1 Å². The standard InChI is InChI=1S/C12H13ClO2/c1-8(14)2-3-9-6-11(13)7-10-4-5-15-12(9)10/h6-7H,2-5H2,1H3. The number of Topliss-reactive ketones (excluding diaryl/α,β-unsaturated/α-hetero) is 1. The van der Waals surface area contributed by atoms with E-state index in [4.69, 9.17) is 16.3 Å². The highest BCUT2D eigenvalue weighted by molar-refractivity contribution is 6.30. The molecule has 0 saturated carbocycles. The van der Waals surface area contributed by atoms with E-state index in [1.54, 1.807) is 6.92 Å². The Labute approximate surface area is 94.2 Å². The smallest absolute Gasteiger partial charge is 0.130 e. The van der Waals surface area contributed by atoms with Crippen molar-refractivity contribution in [3.05, 3.63) is 28.3 Å². The lowest BCUT2D eigenvalue weighted by Gasteiger charge is -2.07. The maximum Gasteiger partial charge on any atom is 0.130 e. The van der Waals surface area contributed by atoms with Crippen LogP contribution in [0.3, 0.4) is 0 Å². The van der Waals surface area contributed by atoms with Gasteiger partial charge in [0.1, 0.15) is 11.5 Å². The van der Waals surface area contributed by atoms with Gasteiger partial charge >= 0.3 is 0 Å². The van der Waals surface area contributed by atoms with Gasteiger partial charge in [0.25, 0.3) is 0 Å². The molecule has 80 valence electrons. The number of benzene rings is 1. The first-order valence-corrected chi connectivity index (χ1v) is 5.48. The number of carbonyl (C=O) groups is 1. The molecule has 0 saturated heterocycles. The zero-order valence-corrected chi connectivity index (χ0v) is 9.43. The van der Waals surface area contributed by atoms with E-state index in [-0.39, 0.29) is 5.78 Å². The third kappa shape index (κ3) is 2.32. The quantitative estimate of drug-likeness (QED) is 0.789. The first-order valence-electron chi connectivity index (χ1n) is 5.10. The van der Waals surface area contributed by atoms with Crippen LogP contribution < -0.4 is 4.74 Å². The number of rotatable bonds is 3. The van der Waals surface area contributed by atoms with Crippen LogP contribution in [0.15, 0.2) is 12.1 Å². The number of aryl methyl sites for hydroxylation is 1. The molecular formula is C12H13ClO2. The van der Waals surface area contributed by atoms with Crippen LogP contribution in [-0.2, 0) is 17.6 Å². The van der Waals surface area contributed by atoms with E-state index >= 15 is 0 Å². The minimum absolute atomic E-state index is 0.196. The van der Waals surface area contributed by atoms with Crippen molar-refractivity contribution in [1.29, 1.82) is 0 Å². The summed E-state index contributed by atoms with van der Waals surface area (Å²) in [6.45, 7) is 2.33. The third-order valence-corrected chi connectivity index (χ3v) is 2.79. The average molecular weight is 225 g/mol. The second kappa shape index (κ2) is 4.23. The van der Waals surface area contributed by atoms with Gasteiger partial charge in [-0.3, -0.25) is 0 Å². The van der Waals surface area contributed by atoms with Crippen LogP contribution >= 0.6 is 11.6 Å². The number of hydrogen-bond donors (Lipinski definition) is 0. The van der Waals surface area contributed by atoms with Gasteiger partial charge in [-0.15, -0.1) is 0 Å². The lowest BCUT2D eigenvalue weighted by molar-refractivity contribution is -0.116. The Kier molecular flexibility index (Phi) is 2.96. The van der Waals surface area contributed by atoms with Gasteiger partial charge in [0.2, 0.25) is 0 Å². The third-order valence-electron chi connectivity index (χ3n) is 2.57. The molecule has 1 aromatic carbocycles. The summed E-state index contributed by atoms with van der Waals surface area (Å²) in [5.41, 5.74) is 2.23. The molecule has 3 heteroatoms. The fraction of sp³-hybridized carbons (Fsp3) is 0.417. The maximum atomic E-state index is 10.9. The van der Waals surface area contributed by atoms with Gasteiger partial charge in [-0.1, -0.05) is 11.6 Å². The van der Waals surface area contributed by atoms with Crippen LogP contribution in [-0.4, -0.2) is 12.4 Å². The molecule has 1 aliphatic heterocycles. The number of fused-ring (bicyclic) bond motifs is 1. The summed E-state index contributed by atoms with van der Waals surface area (Å²) in [6.07, 6.45) is 2.19. The van der Waals surface area contributed by atoms with Crippen LogP contribution in [0.5, 0.6) is 5.75 Å². The van der Waals surface area contributed by atoms with Gasteiger partial charge < -0.3 is 9.53 Å². The fourth-order valence-electron chi connectivity index (χ4n) is 1.84. The summed E-state index contributed by atoms with van der Waals surface area (Å²) in [4.78, 5) is 10.9. The first-order chi connectivity index (χ1) is 7.16. The Morgan fingerprint density at radius 2 is 2.33 bits per heavy atom. The first kappa shape index (κ1) is 10.5. The predicted octanol–water partition coefficient (Wildman–Crippen LogP) is 2.80.